The third-order valence-corrected chi connectivity index (χ3v) is 1.99. The molecule has 1 aromatic carbocycles. The molecule has 0 aliphatic rings. The number of phenols is 1. The number of amides is 1. The molecule has 0 aliphatic carbocycles. The molecule has 0 aromatic heterocycles. The van der Waals surface area contributed by atoms with Crippen molar-refractivity contribution in [1.82, 2.24) is 0 Å². The van der Waals surface area contributed by atoms with E-state index in [9.17, 15) is 9.90 Å². The zero-order valence-corrected chi connectivity index (χ0v) is 8.93. The van der Waals surface area contributed by atoms with E-state index in [2.05, 4.69) is 9.84 Å². The van der Waals surface area contributed by atoms with Crippen LogP contribution < -0.4 is 5.73 Å². The molecular weight excluding hydrogens is 220 g/mol. The molecule has 0 bridgehead atoms. The molecule has 1 rings (SSSR count). The quantitative estimate of drug-likeness (QED) is 0.452. The van der Waals surface area contributed by atoms with Crippen LogP contribution in [-0.2, 0) is 0 Å². The first-order valence-electron chi connectivity index (χ1n) is 4.49. The Balaban J connectivity index is 3.41. The van der Waals surface area contributed by atoms with Crippen molar-refractivity contribution in [2.24, 2.45) is 10.7 Å². The molecule has 6 heteroatoms. The van der Waals surface area contributed by atoms with Crippen LogP contribution in [0.2, 0.25) is 0 Å². The van der Waals surface area contributed by atoms with E-state index in [1.54, 1.807) is 13.0 Å². The maximum atomic E-state index is 11.0. The van der Waals surface area contributed by atoms with Gasteiger partial charge in [-0.3, -0.25) is 4.79 Å². The molecule has 6 nitrogen and oxygen atoms in total. The lowest BCUT2D eigenvalue weighted by atomic mass is 10.1. The van der Waals surface area contributed by atoms with E-state index in [0.29, 0.717) is 5.56 Å². The number of rotatable bonds is 2. The number of hydrogen-bond donors (Lipinski definition) is 2. The third kappa shape index (κ3) is 2.58. The van der Waals surface area contributed by atoms with Gasteiger partial charge in [0.2, 0.25) is 0 Å². The largest absolute Gasteiger partial charge is 0.507 e. The Kier molecular flexibility index (Phi) is 3.43. The highest BCUT2D eigenvalue weighted by molar-refractivity contribution is 6.06. The fraction of sp³-hybridized carbons (Fsp3) is 0.0909. The summed E-state index contributed by atoms with van der Waals surface area (Å²) in [6.07, 6.45) is 0. The Bertz CT molecular complexity index is 575. The average molecular weight is 228 g/mol. The average Bonchev–Trinajstić information content (AvgIpc) is 2.29. The standard InChI is InChI=1S/C11H8N4O2/c1-6-3-7(15-9(5-12)14-2)4-8(10(6)16)11(13)17/h3-4,16H,1H3,(H2,13,17). The van der Waals surface area contributed by atoms with Crippen LogP contribution in [0.1, 0.15) is 15.9 Å². The highest BCUT2D eigenvalue weighted by Gasteiger charge is 2.13. The van der Waals surface area contributed by atoms with E-state index in [1.807, 2.05) is 0 Å². The minimum Gasteiger partial charge on any atom is -0.507 e. The minimum absolute atomic E-state index is 0.0916. The highest BCUT2D eigenvalue weighted by atomic mass is 16.3. The number of aliphatic imine (C=N–C) groups is 1. The fourth-order valence-electron chi connectivity index (χ4n) is 1.21. The summed E-state index contributed by atoms with van der Waals surface area (Å²) >= 11 is 0. The van der Waals surface area contributed by atoms with Gasteiger partial charge in [-0.25, -0.2) is 5.26 Å². The highest BCUT2D eigenvalue weighted by Crippen LogP contribution is 2.27. The normalized spacial score (nSPS) is 10.4. The molecule has 3 N–H and O–H groups in total. The number of primary amides is 1. The second-order valence-electron chi connectivity index (χ2n) is 3.18. The minimum atomic E-state index is -0.802. The lowest BCUT2D eigenvalue weighted by Gasteiger charge is -2.03. The topological polar surface area (TPSA) is 104 Å². The molecule has 0 atom stereocenters. The number of carbonyl (C=O) groups excluding carboxylic acids is 1. The predicted molar refractivity (Wildman–Crippen MR) is 60.7 cm³/mol. The Morgan fingerprint density at radius 1 is 1.65 bits per heavy atom. The van der Waals surface area contributed by atoms with Crippen molar-refractivity contribution < 1.29 is 9.90 Å². The number of benzene rings is 1. The zero-order valence-electron chi connectivity index (χ0n) is 8.93. The number of hydrogen-bond acceptors (Lipinski definition) is 4. The number of aryl methyl sites for hydroxylation is 1. The Hall–Kier alpha value is -2.86. The van der Waals surface area contributed by atoms with E-state index in [0.717, 1.165) is 0 Å². The van der Waals surface area contributed by atoms with E-state index >= 15 is 0 Å². The van der Waals surface area contributed by atoms with Gasteiger partial charge in [-0.2, -0.15) is 0 Å². The number of carbonyl (C=O) groups is 1. The van der Waals surface area contributed by atoms with Gasteiger partial charge < -0.3 is 15.7 Å². The summed E-state index contributed by atoms with van der Waals surface area (Å²) in [7, 11) is 0. The molecule has 17 heavy (non-hydrogen) atoms. The summed E-state index contributed by atoms with van der Waals surface area (Å²) < 4.78 is 0. The Labute approximate surface area is 97.4 Å². The summed E-state index contributed by atoms with van der Waals surface area (Å²) in [5.41, 5.74) is 5.60. The van der Waals surface area contributed by atoms with Gasteiger partial charge in [0.1, 0.15) is 11.8 Å². The van der Waals surface area contributed by atoms with Crippen LogP contribution >= 0.6 is 0 Å². The van der Waals surface area contributed by atoms with Crippen molar-refractivity contribution in [3.8, 4) is 11.8 Å². The van der Waals surface area contributed by atoms with Crippen molar-refractivity contribution in [3.05, 3.63) is 34.7 Å². The number of nitrogens with two attached hydrogens (primary N) is 1. The van der Waals surface area contributed by atoms with Crippen LogP contribution in [0.25, 0.3) is 4.85 Å². The molecule has 0 aliphatic heterocycles. The van der Waals surface area contributed by atoms with Crippen LogP contribution in [0.5, 0.6) is 5.75 Å². The number of aromatic hydroxyl groups is 1. The van der Waals surface area contributed by atoms with Gasteiger partial charge >= 0.3 is 5.84 Å². The molecule has 0 fully saturated rings. The Morgan fingerprint density at radius 3 is 2.76 bits per heavy atom. The first-order valence-corrected chi connectivity index (χ1v) is 4.49. The van der Waals surface area contributed by atoms with Crippen molar-refractivity contribution in [1.29, 1.82) is 5.26 Å². The molecule has 0 spiro atoms. The molecule has 0 unspecified atom stereocenters. The summed E-state index contributed by atoms with van der Waals surface area (Å²) in [5.74, 6) is -1.38. The molecule has 84 valence electrons. The van der Waals surface area contributed by atoms with Crippen LogP contribution in [0.3, 0.4) is 0 Å². The Morgan fingerprint density at radius 2 is 2.29 bits per heavy atom. The van der Waals surface area contributed by atoms with E-state index in [4.69, 9.17) is 17.6 Å². The smallest absolute Gasteiger partial charge is 0.349 e. The first-order chi connectivity index (χ1) is 7.99. The number of amidine groups is 1. The van der Waals surface area contributed by atoms with Gasteiger partial charge in [0.05, 0.1) is 5.56 Å². The second-order valence-corrected chi connectivity index (χ2v) is 3.18. The monoisotopic (exact) mass is 228 g/mol. The third-order valence-electron chi connectivity index (χ3n) is 1.99. The van der Waals surface area contributed by atoms with Crippen molar-refractivity contribution >= 4 is 17.4 Å². The molecule has 0 saturated heterocycles. The van der Waals surface area contributed by atoms with Crippen LogP contribution in [0, 0.1) is 24.8 Å². The first kappa shape index (κ1) is 12.2. The lowest BCUT2D eigenvalue weighted by molar-refractivity contribution is 0.0997. The van der Waals surface area contributed by atoms with Gasteiger partial charge in [-0.05, 0) is 18.6 Å². The lowest BCUT2D eigenvalue weighted by Crippen LogP contribution is -2.11. The van der Waals surface area contributed by atoms with Gasteiger partial charge in [0.15, 0.2) is 5.69 Å². The van der Waals surface area contributed by atoms with Crippen LogP contribution in [0.4, 0.5) is 5.69 Å². The number of nitriles is 1. The molecule has 1 amide bonds. The van der Waals surface area contributed by atoms with E-state index < -0.39 is 5.91 Å². The van der Waals surface area contributed by atoms with Crippen LogP contribution in [0.15, 0.2) is 17.1 Å². The van der Waals surface area contributed by atoms with Crippen molar-refractivity contribution in [3.63, 3.8) is 0 Å². The van der Waals surface area contributed by atoms with Crippen molar-refractivity contribution in [2.45, 2.75) is 6.92 Å². The maximum absolute atomic E-state index is 11.0. The van der Waals surface area contributed by atoms with E-state index in [-0.39, 0.29) is 22.8 Å². The van der Waals surface area contributed by atoms with Crippen LogP contribution in [-0.4, -0.2) is 16.8 Å². The SMILES string of the molecule is [C-]#[N+]C(C#N)=Nc1cc(C)c(O)c(C(N)=O)c1. The molecule has 0 radical (unpaired) electrons. The van der Waals surface area contributed by atoms with Crippen molar-refractivity contribution in [2.75, 3.05) is 0 Å². The van der Waals surface area contributed by atoms with E-state index in [1.165, 1.54) is 12.1 Å². The van der Waals surface area contributed by atoms with Gasteiger partial charge in [-0.1, -0.05) is 6.57 Å². The summed E-state index contributed by atoms with van der Waals surface area (Å²) in [6.45, 7) is 8.23. The summed E-state index contributed by atoms with van der Waals surface area (Å²) in [4.78, 5) is 17.7. The molecular formula is C11H8N4O2. The number of nitrogens with zero attached hydrogens (tertiary/aromatic N) is 3. The van der Waals surface area contributed by atoms with Gasteiger partial charge in [0.25, 0.3) is 5.91 Å². The van der Waals surface area contributed by atoms with Gasteiger partial charge in [0, 0.05) is 6.07 Å². The maximum Gasteiger partial charge on any atom is 0.349 e. The molecule has 0 heterocycles. The van der Waals surface area contributed by atoms with Gasteiger partial charge in [-0.15, -0.1) is 4.99 Å². The predicted octanol–water partition coefficient (Wildman–Crippen LogP) is 1.27. The molecule has 0 saturated carbocycles. The summed E-state index contributed by atoms with van der Waals surface area (Å²) in [5, 5.41) is 18.1. The fourth-order valence-corrected chi connectivity index (χ4v) is 1.21. The zero-order chi connectivity index (χ0) is 13.0. The summed E-state index contributed by atoms with van der Waals surface area (Å²) in [6, 6.07) is 4.28. The molecule has 1 aromatic rings. The second kappa shape index (κ2) is 4.77.